The van der Waals surface area contributed by atoms with Crippen molar-refractivity contribution in [2.24, 2.45) is 0 Å². The molecule has 0 saturated heterocycles. The van der Waals surface area contributed by atoms with Crippen molar-refractivity contribution in [2.45, 2.75) is 0 Å². The van der Waals surface area contributed by atoms with E-state index < -0.39 is 0 Å². The van der Waals surface area contributed by atoms with Gasteiger partial charge in [-0.3, -0.25) is 4.79 Å². The van der Waals surface area contributed by atoms with Gasteiger partial charge in [0, 0.05) is 5.69 Å². The van der Waals surface area contributed by atoms with Gasteiger partial charge in [-0.25, -0.2) is 0 Å². The molecule has 0 aliphatic carbocycles. The molecule has 0 unspecified atom stereocenters. The van der Waals surface area contributed by atoms with Crippen molar-refractivity contribution >= 4 is 29.7 Å². The van der Waals surface area contributed by atoms with Gasteiger partial charge in [-0.2, -0.15) is 0 Å². The van der Waals surface area contributed by atoms with Crippen LogP contribution < -0.4 is 15.4 Å². The molecular formula is C11H13ClN2O2. The number of rotatable bonds is 1. The third-order valence-electron chi connectivity index (χ3n) is 2.29. The van der Waals surface area contributed by atoms with E-state index in [0.29, 0.717) is 30.3 Å². The molecule has 1 aromatic carbocycles. The normalized spacial score (nSPS) is 13.1. The Balaban J connectivity index is 0.00000128. The number of hydrogen-bond acceptors (Lipinski definition) is 3. The molecule has 1 aliphatic rings. The fourth-order valence-corrected chi connectivity index (χ4v) is 1.57. The molecule has 16 heavy (non-hydrogen) atoms. The van der Waals surface area contributed by atoms with Crippen LogP contribution in [0.25, 0.3) is 0 Å². The molecule has 0 radical (unpaired) electrons. The number of nitrogens with two attached hydrogens (primary N) is 1. The van der Waals surface area contributed by atoms with Gasteiger partial charge in [-0.15, -0.1) is 12.4 Å². The van der Waals surface area contributed by atoms with Crippen LogP contribution in [0.3, 0.4) is 0 Å². The van der Waals surface area contributed by atoms with E-state index in [1.807, 2.05) is 0 Å². The van der Waals surface area contributed by atoms with E-state index in [2.05, 4.69) is 6.58 Å². The van der Waals surface area contributed by atoms with Crippen LogP contribution in [0.4, 0.5) is 11.4 Å². The van der Waals surface area contributed by atoms with Crippen LogP contribution in [0, 0.1) is 0 Å². The Labute approximate surface area is 100 Å². The van der Waals surface area contributed by atoms with Crippen molar-refractivity contribution in [2.75, 3.05) is 23.8 Å². The lowest BCUT2D eigenvalue weighted by atomic mass is 10.2. The Morgan fingerprint density at radius 3 is 3.00 bits per heavy atom. The highest BCUT2D eigenvalue weighted by Crippen LogP contribution is 2.33. The maximum absolute atomic E-state index is 11.6. The predicted octanol–water partition coefficient (Wildman–Crippen LogP) is 1.60. The number of benzene rings is 1. The lowest BCUT2D eigenvalue weighted by molar-refractivity contribution is -0.114. The third-order valence-corrected chi connectivity index (χ3v) is 2.29. The SMILES string of the molecule is C=CC(=O)N1CCOc2ccc(N)cc21.Cl. The molecule has 2 N–H and O–H groups in total. The smallest absolute Gasteiger partial charge is 0.250 e. The van der Waals surface area contributed by atoms with E-state index >= 15 is 0 Å². The van der Waals surface area contributed by atoms with Crippen molar-refractivity contribution in [3.63, 3.8) is 0 Å². The second-order valence-corrected chi connectivity index (χ2v) is 3.27. The summed E-state index contributed by atoms with van der Waals surface area (Å²) in [7, 11) is 0. The molecule has 0 fully saturated rings. The molecule has 0 bridgehead atoms. The molecule has 0 atom stereocenters. The zero-order valence-corrected chi connectivity index (χ0v) is 9.50. The first kappa shape index (κ1) is 12.4. The van der Waals surface area contributed by atoms with Crippen molar-refractivity contribution in [3.8, 4) is 5.75 Å². The van der Waals surface area contributed by atoms with Crippen LogP contribution in [0.1, 0.15) is 0 Å². The highest BCUT2D eigenvalue weighted by Gasteiger charge is 2.21. The Hall–Kier alpha value is -1.68. The van der Waals surface area contributed by atoms with Crippen molar-refractivity contribution < 1.29 is 9.53 Å². The van der Waals surface area contributed by atoms with E-state index in [-0.39, 0.29) is 18.3 Å². The Morgan fingerprint density at radius 2 is 2.31 bits per heavy atom. The molecule has 1 amide bonds. The van der Waals surface area contributed by atoms with Crippen molar-refractivity contribution in [3.05, 3.63) is 30.9 Å². The van der Waals surface area contributed by atoms with Gasteiger partial charge in [-0.1, -0.05) is 6.58 Å². The molecule has 1 aromatic rings. The lowest BCUT2D eigenvalue weighted by Crippen LogP contribution is -2.36. The summed E-state index contributed by atoms with van der Waals surface area (Å²) in [5, 5.41) is 0. The summed E-state index contributed by atoms with van der Waals surface area (Å²) in [6.45, 7) is 4.49. The van der Waals surface area contributed by atoms with Gasteiger partial charge in [0.15, 0.2) is 0 Å². The Morgan fingerprint density at radius 1 is 1.56 bits per heavy atom. The maximum atomic E-state index is 11.6. The molecule has 1 heterocycles. The average Bonchev–Trinajstić information content (AvgIpc) is 2.27. The van der Waals surface area contributed by atoms with Crippen LogP contribution in [-0.4, -0.2) is 19.1 Å². The number of nitrogen functional groups attached to an aromatic ring is 1. The number of hydrogen-bond donors (Lipinski definition) is 1. The highest BCUT2D eigenvalue weighted by atomic mass is 35.5. The average molecular weight is 241 g/mol. The monoisotopic (exact) mass is 240 g/mol. The number of nitrogens with zero attached hydrogens (tertiary/aromatic N) is 1. The lowest BCUT2D eigenvalue weighted by Gasteiger charge is -2.28. The van der Waals surface area contributed by atoms with Gasteiger partial charge in [0.2, 0.25) is 0 Å². The van der Waals surface area contributed by atoms with Crippen LogP contribution in [-0.2, 0) is 4.79 Å². The van der Waals surface area contributed by atoms with Gasteiger partial charge >= 0.3 is 0 Å². The first-order chi connectivity index (χ1) is 7.22. The zero-order valence-electron chi connectivity index (χ0n) is 8.68. The largest absolute Gasteiger partial charge is 0.490 e. The molecule has 5 heteroatoms. The Kier molecular flexibility index (Phi) is 3.79. The molecule has 0 saturated carbocycles. The Bertz CT molecular complexity index is 420. The molecular weight excluding hydrogens is 228 g/mol. The summed E-state index contributed by atoms with van der Waals surface area (Å²) < 4.78 is 5.42. The third kappa shape index (κ3) is 2.12. The number of carbonyl (C=O) groups excluding carboxylic acids is 1. The van der Waals surface area contributed by atoms with Crippen LogP contribution in [0.5, 0.6) is 5.75 Å². The summed E-state index contributed by atoms with van der Waals surface area (Å²) in [6, 6.07) is 5.25. The van der Waals surface area contributed by atoms with Crippen LogP contribution in [0.15, 0.2) is 30.9 Å². The van der Waals surface area contributed by atoms with Gasteiger partial charge in [0.25, 0.3) is 5.91 Å². The minimum absolute atomic E-state index is 0. The minimum Gasteiger partial charge on any atom is -0.490 e. The van der Waals surface area contributed by atoms with E-state index in [1.54, 1.807) is 23.1 Å². The second kappa shape index (κ2) is 4.90. The molecule has 86 valence electrons. The van der Waals surface area contributed by atoms with Gasteiger partial charge in [-0.05, 0) is 24.3 Å². The van der Waals surface area contributed by atoms with Crippen molar-refractivity contribution in [1.29, 1.82) is 0 Å². The standard InChI is InChI=1S/C11H12N2O2.ClH/c1-2-11(14)13-5-6-15-10-4-3-8(12)7-9(10)13;/h2-4,7H,1,5-6,12H2;1H. The molecule has 4 nitrogen and oxygen atoms in total. The fraction of sp³-hybridized carbons (Fsp3) is 0.182. The van der Waals surface area contributed by atoms with E-state index in [0.717, 1.165) is 0 Å². The topological polar surface area (TPSA) is 55.6 Å². The minimum atomic E-state index is -0.134. The van der Waals surface area contributed by atoms with Crippen LogP contribution >= 0.6 is 12.4 Å². The quantitative estimate of drug-likeness (QED) is 0.599. The maximum Gasteiger partial charge on any atom is 0.250 e. The summed E-state index contributed by atoms with van der Waals surface area (Å²) in [6.07, 6.45) is 1.29. The van der Waals surface area contributed by atoms with Crippen LogP contribution in [0.2, 0.25) is 0 Å². The van der Waals surface area contributed by atoms with Gasteiger partial charge in [0.1, 0.15) is 12.4 Å². The molecule has 1 aliphatic heterocycles. The van der Waals surface area contributed by atoms with E-state index in [9.17, 15) is 4.79 Å². The fourth-order valence-electron chi connectivity index (χ4n) is 1.57. The second-order valence-electron chi connectivity index (χ2n) is 3.27. The molecule has 2 rings (SSSR count). The molecule has 0 aromatic heterocycles. The molecule has 0 spiro atoms. The first-order valence-electron chi connectivity index (χ1n) is 4.68. The zero-order chi connectivity index (χ0) is 10.8. The number of ether oxygens (including phenoxy) is 1. The summed E-state index contributed by atoms with van der Waals surface area (Å²) >= 11 is 0. The van der Waals surface area contributed by atoms with Gasteiger partial charge in [0.05, 0.1) is 12.2 Å². The van der Waals surface area contributed by atoms with E-state index in [1.165, 1.54) is 6.08 Å². The first-order valence-corrected chi connectivity index (χ1v) is 4.68. The summed E-state index contributed by atoms with van der Waals surface area (Å²) in [5.74, 6) is 0.552. The van der Waals surface area contributed by atoms with Crippen molar-refractivity contribution in [1.82, 2.24) is 0 Å². The van der Waals surface area contributed by atoms with Gasteiger partial charge < -0.3 is 15.4 Å². The van der Waals surface area contributed by atoms with E-state index in [4.69, 9.17) is 10.5 Å². The predicted molar refractivity (Wildman–Crippen MR) is 66.1 cm³/mol. The number of fused-ring (bicyclic) bond motifs is 1. The summed E-state index contributed by atoms with van der Waals surface area (Å²) in [4.78, 5) is 13.2. The highest BCUT2D eigenvalue weighted by molar-refractivity contribution is 6.02. The number of anilines is 2. The summed E-state index contributed by atoms with van der Waals surface area (Å²) in [5.41, 5.74) is 6.99. The number of halogens is 1. The number of amides is 1. The number of carbonyl (C=O) groups is 1.